The average Bonchev–Trinajstić information content (AvgIpc) is 3.52. The van der Waals surface area contributed by atoms with Crippen LogP contribution in [0.25, 0.3) is 5.65 Å². The average molecular weight is 553 g/mol. The Morgan fingerprint density at radius 2 is 2.08 bits per heavy atom. The van der Waals surface area contributed by atoms with Gasteiger partial charge in [-0.3, -0.25) is 10.2 Å². The van der Waals surface area contributed by atoms with Gasteiger partial charge in [-0.25, -0.2) is 14.3 Å². The fraction of sp³-hybridized carbons (Fsp3) is 0.417. The van der Waals surface area contributed by atoms with E-state index in [0.717, 1.165) is 40.4 Å². The number of fused-ring (bicyclic) bond motifs is 3. The molecule has 2 aliphatic heterocycles. The molecule has 1 fully saturated rings. The van der Waals surface area contributed by atoms with E-state index in [2.05, 4.69) is 31.7 Å². The lowest BCUT2D eigenvalue weighted by Gasteiger charge is -2.29. The van der Waals surface area contributed by atoms with Crippen molar-refractivity contribution in [3.05, 3.63) is 48.4 Å². The fourth-order valence-electron chi connectivity index (χ4n) is 4.86. The third kappa shape index (κ3) is 4.82. The van der Waals surface area contributed by atoms with E-state index in [9.17, 15) is 26.7 Å². The van der Waals surface area contributed by atoms with E-state index < -0.39 is 30.8 Å². The number of aromatic nitrogens is 4. The third-order valence-corrected chi connectivity index (χ3v) is 6.68. The number of likely N-dealkylation sites (tertiary alicyclic amines) is 1. The molecule has 1 N–H and O–H groups in total. The van der Waals surface area contributed by atoms with Gasteiger partial charge in [0.1, 0.15) is 23.1 Å². The topological polar surface area (TPSA) is 97.1 Å². The molecule has 0 saturated carbocycles. The van der Waals surface area contributed by atoms with Gasteiger partial charge in [0, 0.05) is 31.3 Å². The van der Waals surface area contributed by atoms with E-state index in [-0.39, 0.29) is 40.6 Å². The van der Waals surface area contributed by atoms with E-state index in [4.69, 9.17) is 4.74 Å². The van der Waals surface area contributed by atoms with Crippen LogP contribution in [0.2, 0.25) is 0 Å². The number of amides is 2. The minimum Gasteiger partial charge on any atom is -0.473 e. The number of ether oxygens (including phenoxy) is 2. The second kappa shape index (κ2) is 9.63. The third-order valence-electron chi connectivity index (χ3n) is 6.68. The largest absolute Gasteiger partial charge is 0.473 e. The van der Waals surface area contributed by atoms with Gasteiger partial charge in [-0.1, -0.05) is 6.08 Å². The molecule has 2 aliphatic rings. The van der Waals surface area contributed by atoms with Crippen molar-refractivity contribution in [1.29, 1.82) is 0 Å². The summed E-state index contributed by atoms with van der Waals surface area (Å²) in [5, 5.41) is 6.53. The molecule has 0 radical (unpaired) electrons. The summed E-state index contributed by atoms with van der Waals surface area (Å²) in [5.74, 6) is -0.686. The molecule has 3 aromatic heterocycles. The van der Waals surface area contributed by atoms with Gasteiger partial charge in [0.2, 0.25) is 5.88 Å². The zero-order valence-corrected chi connectivity index (χ0v) is 20.9. The number of nitrogens with one attached hydrogen (secondary N) is 1. The molecule has 39 heavy (non-hydrogen) atoms. The summed E-state index contributed by atoms with van der Waals surface area (Å²) in [6, 6.07) is 2.67. The van der Waals surface area contributed by atoms with Gasteiger partial charge in [-0.15, -0.1) is 6.58 Å². The monoisotopic (exact) mass is 553 g/mol. The number of carbonyl (C=O) groups is 1. The van der Waals surface area contributed by atoms with Gasteiger partial charge < -0.3 is 14.4 Å². The minimum absolute atomic E-state index is 0.0864. The number of hydrogen-bond donors (Lipinski definition) is 1. The van der Waals surface area contributed by atoms with Crippen LogP contribution in [0.4, 0.5) is 38.3 Å². The van der Waals surface area contributed by atoms with Crippen molar-refractivity contribution in [1.82, 2.24) is 24.5 Å². The molecule has 0 unspecified atom stereocenters. The van der Waals surface area contributed by atoms with Crippen LogP contribution in [0.3, 0.4) is 0 Å². The Morgan fingerprint density at radius 3 is 2.72 bits per heavy atom. The molecule has 5 rings (SSSR count). The van der Waals surface area contributed by atoms with Gasteiger partial charge in [0.05, 0.1) is 29.8 Å². The normalized spacial score (nSPS) is 21.4. The van der Waals surface area contributed by atoms with E-state index in [0.29, 0.717) is 18.7 Å². The summed E-state index contributed by atoms with van der Waals surface area (Å²) in [6.07, 6.45) is -2.57. The van der Waals surface area contributed by atoms with E-state index in [1.807, 2.05) is 11.9 Å². The molecule has 0 aromatic carbocycles. The molecule has 5 heterocycles. The van der Waals surface area contributed by atoms with E-state index in [1.165, 1.54) is 6.07 Å². The van der Waals surface area contributed by atoms with Crippen LogP contribution in [0, 0.1) is 6.92 Å². The summed E-state index contributed by atoms with van der Waals surface area (Å²) in [7, 11) is 1.89. The number of carbonyl (C=O) groups excluding carboxylic acids is 1. The maximum absolute atomic E-state index is 14.5. The molecule has 0 aliphatic carbocycles. The molecule has 3 aromatic rings. The number of pyridine rings is 1. The number of alkyl halides is 5. The van der Waals surface area contributed by atoms with Crippen LogP contribution in [-0.4, -0.2) is 76.1 Å². The molecular formula is C24H24F5N7O3. The van der Waals surface area contributed by atoms with Crippen molar-refractivity contribution in [2.45, 2.75) is 37.7 Å². The number of rotatable bonds is 6. The van der Waals surface area contributed by atoms with Gasteiger partial charge >= 0.3 is 18.8 Å². The number of anilines is 2. The minimum atomic E-state index is -4.84. The standard InChI is InChI=1S/C24H24F5N7O3/c1-4-23(24(27,28)29)12-35(16-10-30-18-7-13(2)33-36(18)20(16)23)22(37)32-17-8-15(39-21(25)26)9-19(31-17)38-14-5-6-34(3)11-14/h4,7-10,14,21H,1,5-6,11-12H2,2-3H3,(H,31,32,37)/t14-,23+/m0/s1. The number of aryl methyl sites for hydroxylation is 1. The maximum atomic E-state index is 14.5. The molecule has 1 saturated heterocycles. The Balaban J connectivity index is 1.50. The maximum Gasteiger partial charge on any atom is 0.405 e. The van der Waals surface area contributed by atoms with Crippen LogP contribution in [-0.2, 0) is 5.41 Å². The van der Waals surface area contributed by atoms with Gasteiger partial charge in [-0.05, 0) is 20.4 Å². The Hall–Kier alpha value is -4.01. The van der Waals surface area contributed by atoms with Crippen molar-refractivity contribution < 1.29 is 36.2 Å². The summed E-state index contributed by atoms with van der Waals surface area (Å²) in [4.78, 5) is 24.5. The molecule has 208 valence electrons. The predicted molar refractivity (Wildman–Crippen MR) is 129 cm³/mol. The van der Waals surface area contributed by atoms with E-state index in [1.54, 1.807) is 6.92 Å². The van der Waals surface area contributed by atoms with Crippen molar-refractivity contribution in [3.8, 4) is 11.6 Å². The van der Waals surface area contributed by atoms with Crippen molar-refractivity contribution in [3.63, 3.8) is 0 Å². The summed E-state index contributed by atoms with van der Waals surface area (Å²) < 4.78 is 80.8. The summed E-state index contributed by atoms with van der Waals surface area (Å²) in [5.41, 5.74) is -2.53. The Labute approximate surface area is 219 Å². The molecule has 15 heteroatoms. The quantitative estimate of drug-likeness (QED) is 0.362. The highest BCUT2D eigenvalue weighted by Crippen LogP contribution is 2.51. The first-order valence-electron chi connectivity index (χ1n) is 11.9. The highest BCUT2D eigenvalue weighted by atomic mass is 19.4. The van der Waals surface area contributed by atoms with Crippen LogP contribution in [0.5, 0.6) is 11.6 Å². The molecule has 2 atom stereocenters. The first kappa shape index (κ1) is 26.6. The van der Waals surface area contributed by atoms with Crippen LogP contribution >= 0.6 is 0 Å². The SMILES string of the molecule is C=C[C@@]1(C(F)(F)F)CN(C(=O)Nc2cc(OC(F)F)cc(O[C@H]3CCN(C)C3)n2)c2cnc3cc(C)nn3c21. The van der Waals surface area contributed by atoms with Gasteiger partial charge in [0.25, 0.3) is 0 Å². The highest BCUT2D eigenvalue weighted by Gasteiger charge is 2.62. The van der Waals surface area contributed by atoms with Crippen LogP contribution < -0.4 is 19.7 Å². The second-order valence-corrected chi connectivity index (χ2v) is 9.43. The lowest BCUT2D eigenvalue weighted by atomic mass is 9.85. The van der Waals surface area contributed by atoms with Crippen LogP contribution in [0.15, 0.2) is 37.1 Å². The number of halogens is 5. The number of nitrogens with zero attached hydrogens (tertiary/aromatic N) is 6. The fourth-order valence-corrected chi connectivity index (χ4v) is 4.86. The summed E-state index contributed by atoms with van der Waals surface area (Å²) in [6.45, 7) is 2.33. The van der Waals surface area contributed by atoms with Gasteiger partial charge in [-0.2, -0.15) is 32.0 Å². The molecule has 2 amide bonds. The van der Waals surface area contributed by atoms with Crippen LogP contribution in [0.1, 0.15) is 17.8 Å². The van der Waals surface area contributed by atoms with E-state index >= 15 is 0 Å². The molecule has 0 bridgehead atoms. The number of hydrogen-bond acceptors (Lipinski definition) is 7. The molecule has 10 nitrogen and oxygen atoms in total. The van der Waals surface area contributed by atoms with Gasteiger partial charge in [0.15, 0.2) is 5.65 Å². The smallest absolute Gasteiger partial charge is 0.405 e. The summed E-state index contributed by atoms with van der Waals surface area (Å²) >= 11 is 0. The van der Waals surface area contributed by atoms with Crippen molar-refractivity contribution in [2.75, 3.05) is 36.9 Å². The van der Waals surface area contributed by atoms with Crippen molar-refractivity contribution >= 4 is 23.2 Å². The lowest BCUT2D eigenvalue weighted by Crippen LogP contribution is -2.47. The first-order valence-corrected chi connectivity index (χ1v) is 11.9. The predicted octanol–water partition coefficient (Wildman–Crippen LogP) is 4.16. The molecular weight excluding hydrogens is 529 g/mol. The second-order valence-electron chi connectivity index (χ2n) is 9.43. The zero-order chi connectivity index (χ0) is 28.1. The number of urea groups is 1. The Morgan fingerprint density at radius 1 is 1.31 bits per heavy atom. The van der Waals surface area contributed by atoms with Crippen molar-refractivity contribution in [2.24, 2.45) is 0 Å². The molecule has 0 spiro atoms. The Kier molecular flexibility index (Phi) is 6.56. The first-order chi connectivity index (χ1) is 18.4. The highest BCUT2D eigenvalue weighted by molar-refractivity contribution is 6.03. The number of likely N-dealkylation sites (N-methyl/N-ethyl adjacent to an activating group) is 1. The zero-order valence-electron chi connectivity index (χ0n) is 20.9. The Bertz CT molecular complexity index is 1430. The lowest BCUT2D eigenvalue weighted by molar-refractivity contribution is -0.172.